The van der Waals surface area contributed by atoms with Crippen LogP contribution in [0.3, 0.4) is 0 Å². The number of aromatic nitrogens is 2. The quantitative estimate of drug-likeness (QED) is 0.736. The first kappa shape index (κ1) is 15.7. The summed E-state index contributed by atoms with van der Waals surface area (Å²) in [6, 6.07) is 12.2. The van der Waals surface area contributed by atoms with Crippen LogP contribution in [0.1, 0.15) is 22.5 Å². The highest BCUT2D eigenvalue weighted by atomic mass is 19.1. The molecular formula is C20H18FN3O. The van der Waals surface area contributed by atoms with Gasteiger partial charge in [-0.1, -0.05) is 24.3 Å². The van der Waals surface area contributed by atoms with Crippen molar-refractivity contribution in [2.45, 2.75) is 12.8 Å². The molecule has 1 saturated heterocycles. The summed E-state index contributed by atoms with van der Waals surface area (Å²) in [4.78, 5) is 22.9. The lowest BCUT2D eigenvalue weighted by Gasteiger charge is -2.16. The Morgan fingerprint density at radius 1 is 1.20 bits per heavy atom. The first-order valence-electron chi connectivity index (χ1n) is 8.44. The lowest BCUT2D eigenvalue weighted by atomic mass is 10.0. The molecule has 126 valence electrons. The van der Waals surface area contributed by atoms with Crippen molar-refractivity contribution in [2.24, 2.45) is 5.92 Å². The van der Waals surface area contributed by atoms with Crippen molar-refractivity contribution >= 4 is 16.8 Å². The third kappa shape index (κ3) is 3.22. The Balaban J connectivity index is 1.49. The maximum Gasteiger partial charge on any atom is 0.272 e. The fraction of sp³-hybridized carbons (Fsp3) is 0.250. The fourth-order valence-corrected chi connectivity index (χ4v) is 3.43. The monoisotopic (exact) mass is 335 g/mol. The van der Waals surface area contributed by atoms with Gasteiger partial charge in [0.15, 0.2) is 0 Å². The third-order valence-corrected chi connectivity index (χ3v) is 4.71. The van der Waals surface area contributed by atoms with E-state index in [1.165, 1.54) is 11.6 Å². The Morgan fingerprint density at radius 2 is 2.12 bits per heavy atom. The van der Waals surface area contributed by atoms with Crippen molar-refractivity contribution in [2.75, 3.05) is 13.1 Å². The number of likely N-dealkylation sites (tertiary alicyclic amines) is 1. The van der Waals surface area contributed by atoms with E-state index < -0.39 is 5.82 Å². The van der Waals surface area contributed by atoms with Crippen LogP contribution in [-0.4, -0.2) is 33.9 Å². The number of fused-ring (bicyclic) bond motifs is 1. The molecule has 1 aliphatic heterocycles. The third-order valence-electron chi connectivity index (χ3n) is 4.71. The Bertz CT molecular complexity index is 913. The largest absolute Gasteiger partial charge is 0.337 e. The Morgan fingerprint density at radius 3 is 2.96 bits per heavy atom. The molecule has 3 heterocycles. The zero-order chi connectivity index (χ0) is 17.2. The van der Waals surface area contributed by atoms with E-state index in [0.717, 1.165) is 12.8 Å². The number of hydrogen-bond donors (Lipinski definition) is 0. The molecular weight excluding hydrogens is 317 g/mol. The summed E-state index contributed by atoms with van der Waals surface area (Å²) in [5.41, 5.74) is 1.74. The summed E-state index contributed by atoms with van der Waals surface area (Å²) in [6.07, 6.45) is 5.51. The number of carbonyl (C=O) groups excluding carboxylic acids is 1. The smallest absolute Gasteiger partial charge is 0.272 e. The van der Waals surface area contributed by atoms with Crippen molar-refractivity contribution in [1.82, 2.24) is 14.9 Å². The van der Waals surface area contributed by atoms with E-state index in [2.05, 4.69) is 16.0 Å². The second kappa shape index (κ2) is 6.59. The molecule has 2 aromatic heterocycles. The highest BCUT2D eigenvalue weighted by Gasteiger charge is 2.28. The zero-order valence-electron chi connectivity index (χ0n) is 13.7. The molecule has 0 aliphatic carbocycles. The summed E-state index contributed by atoms with van der Waals surface area (Å²) in [5.74, 6) is -0.104. The van der Waals surface area contributed by atoms with Gasteiger partial charge in [-0.25, -0.2) is 9.37 Å². The maximum absolute atomic E-state index is 13.9. The number of halogens is 1. The summed E-state index contributed by atoms with van der Waals surface area (Å²) < 4.78 is 13.9. The van der Waals surface area contributed by atoms with Gasteiger partial charge < -0.3 is 4.90 Å². The van der Waals surface area contributed by atoms with Crippen LogP contribution < -0.4 is 0 Å². The van der Waals surface area contributed by atoms with Crippen molar-refractivity contribution < 1.29 is 9.18 Å². The van der Waals surface area contributed by atoms with Gasteiger partial charge in [0.05, 0.1) is 0 Å². The van der Waals surface area contributed by atoms with Crippen LogP contribution in [0.25, 0.3) is 10.9 Å². The maximum atomic E-state index is 13.9. The van der Waals surface area contributed by atoms with Gasteiger partial charge in [-0.15, -0.1) is 0 Å². The molecule has 1 aromatic carbocycles. The lowest BCUT2D eigenvalue weighted by molar-refractivity contribution is 0.0781. The first-order valence-corrected chi connectivity index (χ1v) is 8.44. The van der Waals surface area contributed by atoms with Crippen LogP contribution in [0.5, 0.6) is 0 Å². The molecule has 5 heteroatoms. The summed E-state index contributed by atoms with van der Waals surface area (Å²) in [5, 5.41) is 0.701. The van der Waals surface area contributed by atoms with Crippen molar-refractivity contribution in [3.8, 4) is 0 Å². The van der Waals surface area contributed by atoms with Gasteiger partial charge in [0, 0.05) is 30.9 Å². The van der Waals surface area contributed by atoms with Crippen molar-refractivity contribution in [3.05, 3.63) is 71.9 Å². The molecule has 1 fully saturated rings. The van der Waals surface area contributed by atoms with Crippen LogP contribution in [0, 0.1) is 11.7 Å². The number of nitrogens with zero attached hydrogens (tertiary/aromatic N) is 3. The average Bonchev–Trinajstić information content (AvgIpc) is 3.10. The van der Waals surface area contributed by atoms with E-state index in [1.807, 2.05) is 17.2 Å². The Labute approximate surface area is 145 Å². The molecule has 1 unspecified atom stereocenters. The number of carbonyl (C=O) groups is 1. The number of amides is 1. The molecule has 1 aliphatic rings. The number of rotatable bonds is 3. The van der Waals surface area contributed by atoms with E-state index >= 15 is 0 Å². The standard InChI is InChI=1S/C20H18FN3O/c21-17-5-1-4-16-6-7-18(23-19(16)17)20(25)24-10-8-15(13-24)11-14-3-2-9-22-12-14/h1-7,9,12,15H,8,10-11,13H2. The van der Waals surface area contributed by atoms with Gasteiger partial charge in [0.25, 0.3) is 5.91 Å². The van der Waals surface area contributed by atoms with Crippen LogP contribution in [0.4, 0.5) is 4.39 Å². The molecule has 4 nitrogen and oxygen atoms in total. The molecule has 0 N–H and O–H groups in total. The van der Waals surface area contributed by atoms with Crippen LogP contribution in [0.15, 0.2) is 54.9 Å². The number of benzene rings is 1. The highest BCUT2D eigenvalue weighted by molar-refractivity contribution is 5.95. The van der Waals surface area contributed by atoms with Gasteiger partial charge in [-0.05, 0) is 42.5 Å². The number of pyridine rings is 2. The first-order chi connectivity index (χ1) is 12.2. The fourth-order valence-electron chi connectivity index (χ4n) is 3.43. The van der Waals surface area contributed by atoms with E-state index in [9.17, 15) is 9.18 Å². The molecule has 1 atom stereocenters. The number of para-hydroxylation sites is 1. The molecule has 25 heavy (non-hydrogen) atoms. The van der Waals surface area contributed by atoms with E-state index in [0.29, 0.717) is 30.1 Å². The summed E-state index contributed by atoms with van der Waals surface area (Å²) >= 11 is 0. The highest BCUT2D eigenvalue weighted by Crippen LogP contribution is 2.23. The predicted octanol–water partition coefficient (Wildman–Crippen LogP) is 3.47. The molecule has 0 radical (unpaired) electrons. The van der Waals surface area contributed by atoms with Gasteiger partial charge >= 0.3 is 0 Å². The molecule has 1 amide bonds. The van der Waals surface area contributed by atoms with E-state index in [-0.39, 0.29) is 11.4 Å². The Kier molecular flexibility index (Phi) is 4.14. The van der Waals surface area contributed by atoms with Crippen LogP contribution >= 0.6 is 0 Å². The topological polar surface area (TPSA) is 46.1 Å². The minimum Gasteiger partial charge on any atom is -0.337 e. The van der Waals surface area contributed by atoms with Gasteiger partial charge in [-0.3, -0.25) is 9.78 Å². The average molecular weight is 335 g/mol. The molecule has 4 rings (SSSR count). The van der Waals surface area contributed by atoms with Crippen molar-refractivity contribution in [1.29, 1.82) is 0 Å². The molecule has 3 aromatic rings. The van der Waals surface area contributed by atoms with E-state index in [1.54, 1.807) is 30.5 Å². The lowest BCUT2D eigenvalue weighted by Crippen LogP contribution is -2.29. The zero-order valence-corrected chi connectivity index (χ0v) is 13.7. The SMILES string of the molecule is O=C(c1ccc2cccc(F)c2n1)N1CCC(Cc2cccnc2)C1. The second-order valence-corrected chi connectivity index (χ2v) is 6.48. The second-order valence-electron chi connectivity index (χ2n) is 6.48. The normalized spacial score (nSPS) is 17.2. The van der Waals surface area contributed by atoms with Crippen LogP contribution in [-0.2, 0) is 6.42 Å². The summed E-state index contributed by atoms with van der Waals surface area (Å²) in [7, 11) is 0. The minimum atomic E-state index is -0.400. The van der Waals surface area contributed by atoms with Gasteiger partial charge in [-0.2, -0.15) is 0 Å². The summed E-state index contributed by atoms with van der Waals surface area (Å²) in [6.45, 7) is 1.41. The van der Waals surface area contributed by atoms with E-state index in [4.69, 9.17) is 0 Å². The molecule has 0 saturated carbocycles. The van der Waals surface area contributed by atoms with Gasteiger partial charge in [0.1, 0.15) is 17.0 Å². The minimum absolute atomic E-state index is 0.126. The van der Waals surface area contributed by atoms with Crippen molar-refractivity contribution in [3.63, 3.8) is 0 Å². The Hall–Kier alpha value is -2.82. The van der Waals surface area contributed by atoms with Crippen LogP contribution in [0.2, 0.25) is 0 Å². The molecule has 0 bridgehead atoms. The molecule has 0 spiro atoms. The number of hydrogen-bond acceptors (Lipinski definition) is 3. The predicted molar refractivity (Wildman–Crippen MR) is 93.7 cm³/mol. The van der Waals surface area contributed by atoms with Gasteiger partial charge in [0.2, 0.25) is 0 Å².